The van der Waals surface area contributed by atoms with Gasteiger partial charge in [-0.05, 0) is 37.6 Å². The van der Waals surface area contributed by atoms with Crippen molar-refractivity contribution in [1.82, 2.24) is 9.97 Å². The Morgan fingerprint density at radius 1 is 0.958 bits per heavy atom. The van der Waals surface area contributed by atoms with E-state index in [1.165, 1.54) is 0 Å². The zero-order valence-corrected chi connectivity index (χ0v) is 13.4. The predicted octanol–water partition coefficient (Wildman–Crippen LogP) is 3.29. The van der Waals surface area contributed by atoms with Gasteiger partial charge in [0.1, 0.15) is 0 Å². The Labute approximate surface area is 139 Å². The van der Waals surface area contributed by atoms with Crippen LogP contribution in [0.5, 0.6) is 0 Å². The normalized spacial score (nSPS) is 10.6. The molecule has 1 heterocycles. The number of benzene rings is 2. The Hall–Kier alpha value is -3.08. The van der Waals surface area contributed by atoms with Crippen molar-refractivity contribution < 1.29 is 14.3 Å². The molecule has 0 radical (unpaired) electrons. The van der Waals surface area contributed by atoms with E-state index < -0.39 is 5.97 Å². The highest BCUT2D eigenvalue weighted by Gasteiger charge is 2.14. The maximum atomic E-state index is 12.2. The molecule has 0 atom stereocenters. The highest BCUT2D eigenvalue weighted by Crippen LogP contribution is 2.14. The van der Waals surface area contributed by atoms with Crippen molar-refractivity contribution in [3.05, 3.63) is 71.0 Å². The summed E-state index contributed by atoms with van der Waals surface area (Å²) >= 11 is 0. The summed E-state index contributed by atoms with van der Waals surface area (Å²) in [6.07, 6.45) is 3.14. The monoisotopic (exact) mass is 320 g/mol. The molecule has 3 rings (SSSR count). The van der Waals surface area contributed by atoms with E-state index in [9.17, 15) is 9.59 Å². The predicted molar refractivity (Wildman–Crippen MR) is 90.1 cm³/mol. The highest BCUT2D eigenvalue weighted by atomic mass is 16.5. The number of esters is 1. The zero-order chi connectivity index (χ0) is 17.1. The maximum Gasteiger partial charge on any atom is 0.338 e. The summed E-state index contributed by atoms with van der Waals surface area (Å²) in [6, 6.07) is 10.5. The van der Waals surface area contributed by atoms with E-state index in [1.54, 1.807) is 36.7 Å². The number of hydrogen-bond donors (Lipinski definition) is 0. The first kappa shape index (κ1) is 15.8. The number of carbonyl (C=O) groups excluding carboxylic acids is 2. The molecular weight excluding hydrogens is 304 g/mol. The van der Waals surface area contributed by atoms with Gasteiger partial charge in [-0.15, -0.1) is 0 Å². The molecule has 5 heteroatoms. The second-order valence-corrected chi connectivity index (χ2v) is 5.58. The van der Waals surface area contributed by atoms with Crippen LogP contribution in [0.4, 0.5) is 0 Å². The summed E-state index contributed by atoms with van der Waals surface area (Å²) in [6.45, 7) is 3.54. The molecule has 0 N–H and O–H groups in total. The Morgan fingerprint density at radius 3 is 2.46 bits per heavy atom. The van der Waals surface area contributed by atoms with Gasteiger partial charge in [-0.25, -0.2) is 4.79 Å². The van der Waals surface area contributed by atoms with Crippen molar-refractivity contribution in [2.24, 2.45) is 0 Å². The van der Waals surface area contributed by atoms with E-state index in [0.717, 1.165) is 11.1 Å². The summed E-state index contributed by atoms with van der Waals surface area (Å²) in [5, 5.41) is 0. The standard InChI is InChI=1S/C19H16N2O3/c1-12-3-5-15(13(2)9-12)18(22)11-24-19(23)14-4-6-16-17(10-14)21-8-7-20-16/h3-10H,11H2,1-2H3. The van der Waals surface area contributed by atoms with Gasteiger partial charge in [0.05, 0.1) is 16.6 Å². The third-order valence-electron chi connectivity index (χ3n) is 3.72. The minimum absolute atomic E-state index is 0.221. The second-order valence-electron chi connectivity index (χ2n) is 5.58. The number of hydrogen-bond acceptors (Lipinski definition) is 5. The smallest absolute Gasteiger partial charge is 0.338 e. The molecule has 0 bridgehead atoms. The van der Waals surface area contributed by atoms with Crippen LogP contribution in [0.25, 0.3) is 11.0 Å². The fourth-order valence-electron chi connectivity index (χ4n) is 2.51. The van der Waals surface area contributed by atoms with E-state index in [2.05, 4.69) is 9.97 Å². The number of aryl methyl sites for hydroxylation is 2. The molecule has 0 saturated carbocycles. The van der Waals surface area contributed by atoms with Crippen LogP contribution < -0.4 is 0 Å². The number of rotatable bonds is 4. The quantitative estimate of drug-likeness (QED) is 0.545. The number of nitrogens with zero attached hydrogens (tertiary/aromatic N) is 2. The topological polar surface area (TPSA) is 69.2 Å². The molecule has 3 aromatic rings. The number of Topliss-reactive ketones (excluding diaryl/α,β-unsaturated/α-hetero) is 1. The molecule has 5 nitrogen and oxygen atoms in total. The first-order valence-corrected chi connectivity index (χ1v) is 7.53. The summed E-state index contributed by atoms with van der Waals surface area (Å²) in [5.74, 6) is -0.776. The van der Waals surface area contributed by atoms with E-state index in [-0.39, 0.29) is 12.4 Å². The lowest BCUT2D eigenvalue weighted by Crippen LogP contribution is -2.15. The van der Waals surface area contributed by atoms with Gasteiger partial charge in [0.2, 0.25) is 5.78 Å². The van der Waals surface area contributed by atoms with Crippen molar-refractivity contribution in [3.8, 4) is 0 Å². The number of ether oxygens (including phenoxy) is 1. The van der Waals surface area contributed by atoms with E-state index in [4.69, 9.17) is 4.74 Å². The lowest BCUT2D eigenvalue weighted by Gasteiger charge is -2.07. The highest BCUT2D eigenvalue weighted by molar-refractivity contribution is 6.01. The minimum Gasteiger partial charge on any atom is -0.454 e. The first-order valence-electron chi connectivity index (χ1n) is 7.53. The fraction of sp³-hybridized carbons (Fsp3) is 0.158. The maximum absolute atomic E-state index is 12.2. The van der Waals surface area contributed by atoms with Crippen LogP contribution >= 0.6 is 0 Å². The first-order chi connectivity index (χ1) is 11.5. The van der Waals surface area contributed by atoms with Gasteiger partial charge in [-0.1, -0.05) is 23.8 Å². The molecule has 24 heavy (non-hydrogen) atoms. The van der Waals surface area contributed by atoms with Gasteiger partial charge >= 0.3 is 5.97 Å². The summed E-state index contributed by atoms with van der Waals surface area (Å²) in [7, 11) is 0. The summed E-state index contributed by atoms with van der Waals surface area (Å²) < 4.78 is 5.14. The molecular formula is C19H16N2O3. The van der Waals surface area contributed by atoms with Crippen LogP contribution in [0.3, 0.4) is 0 Å². The lowest BCUT2D eigenvalue weighted by molar-refractivity contribution is 0.0474. The molecule has 0 aliphatic rings. The molecule has 0 saturated heterocycles. The molecule has 120 valence electrons. The molecule has 0 amide bonds. The van der Waals surface area contributed by atoms with Gasteiger partial charge in [-0.3, -0.25) is 14.8 Å². The molecule has 0 aliphatic carbocycles. The minimum atomic E-state index is -0.555. The SMILES string of the molecule is Cc1ccc(C(=O)COC(=O)c2ccc3nccnc3c2)c(C)c1. The van der Waals surface area contributed by atoms with Gasteiger partial charge in [-0.2, -0.15) is 0 Å². The fourth-order valence-corrected chi connectivity index (χ4v) is 2.51. The van der Waals surface area contributed by atoms with Gasteiger partial charge in [0.15, 0.2) is 6.61 Å². The molecule has 1 aromatic heterocycles. The van der Waals surface area contributed by atoms with Gasteiger partial charge in [0, 0.05) is 18.0 Å². The van der Waals surface area contributed by atoms with Crippen molar-refractivity contribution in [2.75, 3.05) is 6.61 Å². The average molecular weight is 320 g/mol. The van der Waals surface area contributed by atoms with Crippen molar-refractivity contribution >= 4 is 22.8 Å². The number of carbonyl (C=O) groups is 2. The largest absolute Gasteiger partial charge is 0.454 e. The van der Waals surface area contributed by atoms with Crippen LogP contribution in [-0.4, -0.2) is 28.3 Å². The van der Waals surface area contributed by atoms with Crippen LogP contribution in [0.2, 0.25) is 0 Å². The van der Waals surface area contributed by atoms with Crippen molar-refractivity contribution in [3.63, 3.8) is 0 Å². The molecule has 0 spiro atoms. The number of fused-ring (bicyclic) bond motifs is 1. The molecule has 2 aromatic carbocycles. The third kappa shape index (κ3) is 3.30. The van der Waals surface area contributed by atoms with Gasteiger partial charge < -0.3 is 4.74 Å². The van der Waals surface area contributed by atoms with Crippen molar-refractivity contribution in [1.29, 1.82) is 0 Å². The third-order valence-corrected chi connectivity index (χ3v) is 3.72. The summed E-state index contributed by atoms with van der Waals surface area (Å²) in [4.78, 5) is 32.7. The zero-order valence-electron chi connectivity index (χ0n) is 13.4. The Kier molecular flexibility index (Phi) is 4.33. The van der Waals surface area contributed by atoms with E-state index in [0.29, 0.717) is 22.2 Å². The Bertz CT molecular complexity index is 935. The van der Waals surface area contributed by atoms with Crippen LogP contribution in [0.1, 0.15) is 31.8 Å². The lowest BCUT2D eigenvalue weighted by atomic mass is 10.0. The number of ketones is 1. The van der Waals surface area contributed by atoms with Crippen LogP contribution in [0, 0.1) is 13.8 Å². The second kappa shape index (κ2) is 6.58. The molecule has 0 aliphatic heterocycles. The summed E-state index contributed by atoms with van der Waals surface area (Å²) in [5.41, 5.74) is 4.16. The number of aromatic nitrogens is 2. The average Bonchev–Trinajstić information content (AvgIpc) is 2.59. The van der Waals surface area contributed by atoms with Crippen LogP contribution in [0.15, 0.2) is 48.8 Å². The Morgan fingerprint density at radius 2 is 1.71 bits per heavy atom. The Balaban J connectivity index is 1.71. The van der Waals surface area contributed by atoms with E-state index >= 15 is 0 Å². The molecule has 0 fully saturated rings. The van der Waals surface area contributed by atoms with Gasteiger partial charge in [0.25, 0.3) is 0 Å². The van der Waals surface area contributed by atoms with Crippen molar-refractivity contribution in [2.45, 2.75) is 13.8 Å². The molecule has 0 unspecified atom stereocenters. The van der Waals surface area contributed by atoms with E-state index in [1.807, 2.05) is 26.0 Å². The van der Waals surface area contributed by atoms with Crippen LogP contribution in [-0.2, 0) is 4.74 Å².